The van der Waals surface area contributed by atoms with Gasteiger partial charge in [-0.1, -0.05) is 57.7 Å². The van der Waals surface area contributed by atoms with E-state index in [0.717, 1.165) is 64.7 Å². The summed E-state index contributed by atoms with van der Waals surface area (Å²) in [6, 6.07) is 24.8. The van der Waals surface area contributed by atoms with E-state index in [0.29, 0.717) is 13.2 Å². The predicted octanol–water partition coefficient (Wildman–Crippen LogP) is 8.72. The molecule has 0 bridgehead atoms. The van der Waals surface area contributed by atoms with E-state index in [4.69, 9.17) is 13.7 Å². The van der Waals surface area contributed by atoms with Crippen molar-refractivity contribution in [1.82, 2.24) is 0 Å². The molecule has 35 heavy (non-hydrogen) atoms. The molecule has 0 saturated heterocycles. The second-order valence-electron chi connectivity index (χ2n) is 8.27. The van der Waals surface area contributed by atoms with Gasteiger partial charge in [0.15, 0.2) is 0 Å². The van der Waals surface area contributed by atoms with Gasteiger partial charge >= 0.3 is 6.16 Å². The number of benzene rings is 3. The monoisotopic (exact) mass is 496 g/mol. The number of carboxylic acid groups (broad SMARTS) is 1. The SMILES string of the molecule is CCCCCOc1ccc(S(OC(=O)O)(c2ccccc2)c2ccc(OCCCCC)cc2)cc1. The van der Waals surface area contributed by atoms with Crippen LogP contribution < -0.4 is 9.47 Å². The van der Waals surface area contributed by atoms with Gasteiger partial charge < -0.3 is 18.8 Å². The first-order chi connectivity index (χ1) is 17.1. The molecule has 1 N–H and O–H groups in total. The predicted molar refractivity (Wildman–Crippen MR) is 141 cm³/mol. The third kappa shape index (κ3) is 7.18. The first kappa shape index (κ1) is 26.5. The molecule has 0 fully saturated rings. The molecule has 0 aromatic heterocycles. The maximum absolute atomic E-state index is 12.0. The van der Waals surface area contributed by atoms with Gasteiger partial charge in [-0.05, 0) is 83.8 Å². The second kappa shape index (κ2) is 13.7. The summed E-state index contributed by atoms with van der Waals surface area (Å²) in [5.74, 6) is 1.52. The van der Waals surface area contributed by atoms with Crippen molar-refractivity contribution in [2.24, 2.45) is 0 Å². The fraction of sp³-hybridized carbons (Fsp3) is 0.345. The Kier molecular flexibility index (Phi) is 10.4. The molecule has 0 saturated carbocycles. The van der Waals surface area contributed by atoms with Crippen LogP contribution in [0.25, 0.3) is 0 Å². The number of hydrogen-bond donors (Lipinski definition) is 1. The Hall–Kier alpha value is -3.12. The fourth-order valence-corrected chi connectivity index (χ4v) is 6.71. The van der Waals surface area contributed by atoms with Crippen molar-refractivity contribution in [2.75, 3.05) is 13.2 Å². The maximum Gasteiger partial charge on any atom is 0.517 e. The molecule has 0 aliphatic carbocycles. The van der Waals surface area contributed by atoms with Crippen molar-refractivity contribution in [3.8, 4) is 11.5 Å². The molecule has 0 spiro atoms. The van der Waals surface area contributed by atoms with Gasteiger partial charge in [0.25, 0.3) is 0 Å². The highest BCUT2D eigenvalue weighted by molar-refractivity contribution is 8.30. The lowest BCUT2D eigenvalue weighted by atomic mass is 10.3. The zero-order chi connectivity index (χ0) is 24.9. The van der Waals surface area contributed by atoms with Gasteiger partial charge in [-0.25, -0.2) is 4.79 Å². The van der Waals surface area contributed by atoms with Crippen molar-refractivity contribution < 1.29 is 23.6 Å². The Labute approximate surface area is 210 Å². The van der Waals surface area contributed by atoms with Crippen LogP contribution in [0.4, 0.5) is 4.79 Å². The second-order valence-corrected chi connectivity index (χ2v) is 11.0. The van der Waals surface area contributed by atoms with Gasteiger partial charge in [0.05, 0.1) is 13.2 Å². The first-order valence-electron chi connectivity index (χ1n) is 12.4. The summed E-state index contributed by atoms with van der Waals surface area (Å²) < 4.78 is 17.6. The van der Waals surface area contributed by atoms with Crippen molar-refractivity contribution in [1.29, 1.82) is 0 Å². The van der Waals surface area contributed by atoms with E-state index in [1.165, 1.54) is 0 Å². The van der Waals surface area contributed by atoms with E-state index in [2.05, 4.69) is 13.8 Å². The summed E-state index contributed by atoms with van der Waals surface area (Å²) in [5.41, 5.74) is 0. The van der Waals surface area contributed by atoms with Crippen LogP contribution in [0.1, 0.15) is 52.4 Å². The van der Waals surface area contributed by atoms with E-state index in [9.17, 15) is 9.90 Å². The molecule has 3 rings (SSSR count). The normalized spacial score (nSPS) is 11.6. The van der Waals surface area contributed by atoms with Gasteiger partial charge in [-0.3, -0.25) is 0 Å². The van der Waals surface area contributed by atoms with Crippen LogP contribution in [0.15, 0.2) is 93.5 Å². The van der Waals surface area contributed by atoms with E-state index in [-0.39, 0.29) is 0 Å². The van der Waals surface area contributed by atoms with E-state index >= 15 is 0 Å². The zero-order valence-corrected chi connectivity index (χ0v) is 21.5. The molecule has 6 heteroatoms. The van der Waals surface area contributed by atoms with Crippen LogP contribution in [0.5, 0.6) is 11.5 Å². The molecule has 0 atom stereocenters. The third-order valence-corrected chi connectivity index (χ3v) is 8.82. The van der Waals surface area contributed by atoms with Gasteiger partial charge in [0.2, 0.25) is 0 Å². The van der Waals surface area contributed by atoms with Gasteiger partial charge in [-0.15, -0.1) is 0 Å². The molecule has 188 valence electrons. The summed E-state index contributed by atoms with van der Waals surface area (Å²) in [7, 11) is -2.53. The Morgan fingerprint density at radius 1 is 0.657 bits per heavy atom. The number of carbonyl (C=O) groups is 1. The third-order valence-electron chi connectivity index (χ3n) is 5.62. The van der Waals surface area contributed by atoms with Crippen LogP contribution in [-0.4, -0.2) is 24.5 Å². The molecule has 0 heterocycles. The average Bonchev–Trinajstić information content (AvgIpc) is 2.89. The molecule has 0 radical (unpaired) electrons. The van der Waals surface area contributed by atoms with Crippen molar-refractivity contribution in [2.45, 2.75) is 67.1 Å². The van der Waals surface area contributed by atoms with Crippen LogP contribution in [0.2, 0.25) is 0 Å². The lowest BCUT2D eigenvalue weighted by Gasteiger charge is -2.38. The molecule has 0 unspecified atom stereocenters. The Balaban J connectivity index is 1.97. The Morgan fingerprint density at radius 2 is 1.09 bits per heavy atom. The highest BCUT2D eigenvalue weighted by Gasteiger charge is 2.36. The average molecular weight is 497 g/mol. The molecular weight excluding hydrogens is 460 g/mol. The highest BCUT2D eigenvalue weighted by Crippen LogP contribution is 2.69. The van der Waals surface area contributed by atoms with E-state index in [1.807, 2.05) is 78.9 Å². The minimum absolute atomic E-state index is 0.662. The first-order valence-corrected chi connectivity index (χ1v) is 13.9. The van der Waals surface area contributed by atoms with Crippen LogP contribution in [0.3, 0.4) is 0 Å². The fourth-order valence-electron chi connectivity index (χ4n) is 3.81. The number of rotatable bonds is 14. The van der Waals surface area contributed by atoms with Crippen LogP contribution in [0, 0.1) is 0 Å². The molecule has 5 nitrogen and oxygen atoms in total. The standard InChI is InChI=1S/C29H36O5S/c1-3-5-10-22-32-24-14-18-27(19-15-24)35(34-29(30)31,26-12-8-7-9-13-26)28-20-16-25(17-21-28)33-23-11-6-4-2/h7-9,12-21H,3-6,10-11,22-23H2,1-2H3,(H,30,31). The minimum Gasteiger partial charge on any atom is -0.494 e. The molecule has 0 aliphatic rings. The van der Waals surface area contributed by atoms with Crippen molar-refractivity contribution in [3.05, 3.63) is 78.9 Å². The molecule has 0 aliphatic heterocycles. The van der Waals surface area contributed by atoms with Gasteiger partial charge in [0.1, 0.15) is 11.5 Å². The summed E-state index contributed by atoms with van der Waals surface area (Å²) in [5, 5.41) is 9.82. The number of hydrogen-bond acceptors (Lipinski definition) is 4. The topological polar surface area (TPSA) is 65.0 Å². The van der Waals surface area contributed by atoms with E-state index < -0.39 is 16.5 Å². The maximum atomic E-state index is 12.0. The molecule has 3 aromatic rings. The lowest BCUT2D eigenvalue weighted by molar-refractivity contribution is 0.150. The smallest absolute Gasteiger partial charge is 0.494 e. The number of unbranched alkanes of at least 4 members (excludes halogenated alkanes) is 4. The Morgan fingerprint density at radius 3 is 1.49 bits per heavy atom. The quantitative estimate of drug-likeness (QED) is 0.226. The van der Waals surface area contributed by atoms with Crippen molar-refractivity contribution >= 4 is 16.5 Å². The van der Waals surface area contributed by atoms with Crippen LogP contribution in [-0.2, 0) is 4.18 Å². The highest BCUT2D eigenvalue weighted by atomic mass is 32.3. The zero-order valence-electron chi connectivity index (χ0n) is 20.7. The molecule has 3 aromatic carbocycles. The summed E-state index contributed by atoms with van der Waals surface area (Å²) in [4.78, 5) is 14.4. The molecular formula is C29H36O5S. The summed E-state index contributed by atoms with van der Waals surface area (Å²) >= 11 is 0. The number of ether oxygens (including phenoxy) is 2. The minimum atomic E-state index is -2.53. The van der Waals surface area contributed by atoms with Crippen molar-refractivity contribution in [3.63, 3.8) is 0 Å². The summed E-state index contributed by atoms with van der Waals surface area (Å²) in [6.07, 6.45) is 5.23. The molecule has 0 amide bonds. The van der Waals surface area contributed by atoms with Crippen LogP contribution >= 0.6 is 10.3 Å². The van der Waals surface area contributed by atoms with Gasteiger partial charge in [-0.2, -0.15) is 0 Å². The van der Waals surface area contributed by atoms with E-state index in [1.54, 1.807) is 0 Å². The largest absolute Gasteiger partial charge is 0.517 e. The lowest BCUT2D eigenvalue weighted by Crippen LogP contribution is -2.12. The Bertz CT molecular complexity index is 964. The summed E-state index contributed by atoms with van der Waals surface area (Å²) in [6.45, 7) is 5.65. The van der Waals surface area contributed by atoms with Gasteiger partial charge in [0, 0.05) is 14.7 Å².